The molecule has 0 spiro atoms. The van der Waals surface area contributed by atoms with Crippen LogP contribution in [-0.4, -0.2) is 62.0 Å². The molecule has 3 rings (SSSR count). The second-order valence-electron chi connectivity index (χ2n) is 6.96. The van der Waals surface area contributed by atoms with Gasteiger partial charge < -0.3 is 9.47 Å². The van der Waals surface area contributed by atoms with E-state index in [1.165, 1.54) is 12.0 Å². The van der Waals surface area contributed by atoms with Crippen molar-refractivity contribution >= 4 is 0 Å². The molecule has 0 aromatic heterocycles. The van der Waals surface area contributed by atoms with Crippen molar-refractivity contribution in [1.82, 2.24) is 9.80 Å². The maximum Gasteiger partial charge on any atom is 0.157 e. The SMILES string of the molecule is CC(c1cccc(C#N)c1)N1CCN(CCOC2CCCCO2)CC1. The zero-order chi connectivity index (χ0) is 17.5. The van der Waals surface area contributed by atoms with E-state index in [-0.39, 0.29) is 6.29 Å². The fourth-order valence-corrected chi connectivity index (χ4v) is 3.61. The first-order chi connectivity index (χ1) is 12.3. The Balaban J connectivity index is 1.39. The number of nitrogens with zero attached hydrogens (tertiary/aromatic N) is 3. The lowest BCUT2D eigenvalue weighted by Gasteiger charge is -2.38. The van der Waals surface area contributed by atoms with Crippen LogP contribution in [0.3, 0.4) is 0 Å². The number of hydrogen-bond acceptors (Lipinski definition) is 5. The quantitative estimate of drug-likeness (QED) is 0.795. The molecule has 5 heteroatoms. The maximum absolute atomic E-state index is 9.07. The summed E-state index contributed by atoms with van der Waals surface area (Å²) in [4.78, 5) is 4.97. The van der Waals surface area contributed by atoms with Crippen LogP contribution in [0.15, 0.2) is 24.3 Å². The molecule has 136 valence electrons. The van der Waals surface area contributed by atoms with E-state index in [9.17, 15) is 0 Å². The molecule has 2 heterocycles. The van der Waals surface area contributed by atoms with Crippen molar-refractivity contribution in [2.45, 2.75) is 38.5 Å². The van der Waals surface area contributed by atoms with Crippen molar-refractivity contribution < 1.29 is 9.47 Å². The van der Waals surface area contributed by atoms with Crippen LogP contribution in [0.4, 0.5) is 0 Å². The van der Waals surface area contributed by atoms with E-state index >= 15 is 0 Å². The standard InChI is InChI=1S/C20H29N3O2/c1-17(19-6-4-5-18(15-19)16-21)23-10-8-22(9-11-23)12-14-25-20-7-2-3-13-24-20/h4-6,15,17,20H,2-3,7-14H2,1H3. The average Bonchev–Trinajstić information content (AvgIpc) is 2.69. The normalized spacial score (nSPS) is 23.9. The van der Waals surface area contributed by atoms with Gasteiger partial charge in [0.05, 0.1) is 18.2 Å². The van der Waals surface area contributed by atoms with Gasteiger partial charge >= 0.3 is 0 Å². The molecule has 0 saturated carbocycles. The van der Waals surface area contributed by atoms with E-state index in [4.69, 9.17) is 14.7 Å². The molecular weight excluding hydrogens is 314 g/mol. The molecule has 1 aromatic carbocycles. The van der Waals surface area contributed by atoms with E-state index in [0.717, 1.165) is 64.3 Å². The van der Waals surface area contributed by atoms with Crippen LogP contribution in [0.2, 0.25) is 0 Å². The summed E-state index contributed by atoms with van der Waals surface area (Å²) >= 11 is 0. The van der Waals surface area contributed by atoms with E-state index in [0.29, 0.717) is 6.04 Å². The van der Waals surface area contributed by atoms with Gasteiger partial charge in [-0.05, 0) is 43.9 Å². The van der Waals surface area contributed by atoms with E-state index < -0.39 is 0 Å². The van der Waals surface area contributed by atoms with Crippen LogP contribution >= 0.6 is 0 Å². The predicted octanol–water partition coefficient (Wildman–Crippen LogP) is 2.78. The molecule has 2 unspecified atom stereocenters. The van der Waals surface area contributed by atoms with Gasteiger partial charge in [-0.25, -0.2) is 0 Å². The fourth-order valence-electron chi connectivity index (χ4n) is 3.61. The van der Waals surface area contributed by atoms with Crippen LogP contribution < -0.4 is 0 Å². The monoisotopic (exact) mass is 343 g/mol. The lowest BCUT2D eigenvalue weighted by molar-refractivity contribution is -0.164. The first-order valence-electron chi connectivity index (χ1n) is 9.46. The molecule has 0 radical (unpaired) electrons. The number of benzene rings is 1. The van der Waals surface area contributed by atoms with Gasteiger partial charge in [0.1, 0.15) is 0 Å². The third-order valence-electron chi connectivity index (χ3n) is 5.30. The van der Waals surface area contributed by atoms with Gasteiger partial charge in [-0.3, -0.25) is 9.80 Å². The second-order valence-corrected chi connectivity index (χ2v) is 6.96. The summed E-state index contributed by atoms with van der Waals surface area (Å²) < 4.78 is 11.5. The Kier molecular flexibility index (Phi) is 6.83. The molecule has 0 bridgehead atoms. The Morgan fingerprint density at radius 2 is 2.12 bits per heavy atom. The minimum absolute atomic E-state index is 0.0162. The molecule has 2 fully saturated rings. The molecule has 2 aliphatic rings. The van der Waals surface area contributed by atoms with Gasteiger partial charge in [-0.15, -0.1) is 0 Å². The third kappa shape index (κ3) is 5.26. The van der Waals surface area contributed by atoms with Crippen LogP contribution in [-0.2, 0) is 9.47 Å². The van der Waals surface area contributed by atoms with Crippen LogP contribution in [0.25, 0.3) is 0 Å². The van der Waals surface area contributed by atoms with E-state index in [1.807, 2.05) is 18.2 Å². The van der Waals surface area contributed by atoms with E-state index in [2.05, 4.69) is 28.9 Å². The van der Waals surface area contributed by atoms with Crippen LogP contribution in [0, 0.1) is 11.3 Å². The first kappa shape index (κ1) is 18.3. The van der Waals surface area contributed by atoms with Crippen molar-refractivity contribution in [2.75, 3.05) is 45.9 Å². The number of rotatable bonds is 6. The summed E-state index contributed by atoms with van der Waals surface area (Å²) in [6, 6.07) is 10.6. The highest BCUT2D eigenvalue weighted by atomic mass is 16.7. The summed E-state index contributed by atoms with van der Waals surface area (Å²) in [5, 5.41) is 9.07. The molecule has 5 nitrogen and oxygen atoms in total. The summed E-state index contributed by atoms with van der Waals surface area (Å²) in [6.07, 6.45) is 3.43. The minimum atomic E-state index is 0.0162. The van der Waals surface area contributed by atoms with Gasteiger partial charge in [0.15, 0.2) is 6.29 Å². The molecule has 2 atom stereocenters. The van der Waals surface area contributed by atoms with Crippen molar-refractivity contribution in [1.29, 1.82) is 5.26 Å². The largest absolute Gasteiger partial charge is 0.353 e. The van der Waals surface area contributed by atoms with Gasteiger partial charge in [-0.2, -0.15) is 5.26 Å². The Morgan fingerprint density at radius 3 is 2.84 bits per heavy atom. The Hall–Kier alpha value is -1.45. The second kappa shape index (κ2) is 9.30. The zero-order valence-corrected chi connectivity index (χ0v) is 15.2. The Morgan fingerprint density at radius 1 is 1.28 bits per heavy atom. The van der Waals surface area contributed by atoms with Gasteiger partial charge in [0.25, 0.3) is 0 Å². The average molecular weight is 343 g/mol. The molecular formula is C20H29N3O2. The van der Waals surface area contributed by atoms with Crippen molar-refractivity contribution in [3.8, 4) is 6.07 Å². The van der Waals surface area contributed by atoms with Crippen LogP contribution in [0.1, 0.15) is 43.4 Å². The predicted molar refractivity (Wildman–Crippen MR) is 97.1 cm³/mol. The molecule has 2 aliphatic heterocycles. The summed E-state index contributed by atoms with van der Waals surface area (Å²) in [5.74, 6) is 0. The number of nitriles is 1. The van der Waals surface area contributed by atoms with E-state index in [1.54, 1.807) is 0 Å². The van der Waals surface area contributed by atoms with Crippen LogP contribution in [0.5, 0.6) is 0 Å². The Labute approximate surface area is 151 Å². The molecule has 0 amide bonds. The first-order valence-corrected chi connectivity index (χ1v) is 9.46. The summed E-state index contributed by atoms with van der Waals surface area (Å²) in [5.41, 5.74) is 1.97. The van der Waals surface area contributed by atoms with Crippen molar-refractivity contribution in [3.63, 3.8) is 0 Å². The minimum Gasteiger partial charge on any atom is -0.353 e. The number of hydrogen-bond donors (Lipinski definition) is 0. The third-order valence-corrected chi connectivity index (χ3v) is 5.30. The highest BCUT2D eigenvalue weighted by Gasteiger charge is 2.22. The Bertz CT molecular complexity index is 573. The topological polar surface area (TPSA) is 48.7 Å². The molecule has 0 N–H and O–H groups in total. The lowest BCUT2D eigenvalue weighted by Crippen LogP contribution is -2.48. The molecule has 1 aromatic rings. The molecule has 0 aliphatic carbocycles. The van der Waals surface area contributed by atoms with Gasteiger partial charge in [-0.1, -0.05) is 12.1 Å². The van der Waals surface area contributed by atoms with Gasteiger partial charge in [0, 0.05) is 45.4 Å². The summed E-state index contributed by atoms with van der Waals surface area (Å²) in [6.45, 7) is 9.05. The molecule has 2 saturated heterocycles. The highest BCUT2D eigenvalue weighted by Crippen LogP contribution is 2.22. The number of piperazine rings is 1. The van der Waals surface area contributed by atoms with Crippen molar-refractivity contribution in [2.24, 2.45) is 0 Å². The highest BCUT2D eigenvalue weighted by molar-refractivity contribution is 5.34. The lowest BCUT2D eigenvalue weighted by atomic mass is 10.0. The smallest absolute Gasteiger partial charge is 0.157 e. The summed E-state index contributed by atoms with van der Waals surface area (Å²) in [7, 11) is 0. The van der Waals surface area contributed by atoms with Crippen molar-refractivity contribution in [3.05, 3.63) is 35.4 Å². The maximum atomic E-state index is 9.07. The number of ether oxygens (including phenoxy) is 2. The molecule has 25 heavy (non-hydrogen) atoms. The van der Waals surface area contributed by atoms with Gasteiger partial charge in [0.2, 0.25) is 0 Å². The zero-order valence-electron chi connectivity index (χ0n) is 15.2. The fraction of sp³-hybridized carbons (Fsp3) is 0.650.